The fourth-order valence-corrected chi connectivity index (χ4v) is 2.93. The number of amides is 1. The predicted molar refractivity (Wildman–Crippen MR) is 81.7 cm³/mol. The lowest BCUT2D eigenvalue weighted by molar-refractivity contribution is -0.118. The van der Waals surface area contributed by atoms with Crippen LogP contribution in [0.25, 0.3) is 10.2 Å². The first kappa shape index (κ1) is 14.5. The molecule has 1 unspecified atom stereocenters. The van der Waals surface area contributed by atoms with E-state index in [4.69, 9.17) is 4.74 Å². The lowest BCUT2D eigenvalue weighted by atomic mass is 10.3. The van der Waals surface area contributed by atoms with Gasteiger partial charge in [0, 0.05) is 18.5 Å². The van der Waals surface area contributed by atoms with Gasteiger partial charge in [0.1, 0.15) is 23.1 Å². The molecule has 3 rings (SSSR count). The highest BCUT2D eigenvalue weighted by Gasteiger charge is 2.17. The molecule has 0 bridgehead atoms. The van der Waals surface area contributed by atoms with E-state index in [1.807, 2.05) is 0 Å². The second-order valence-corrected chi connectivity index (χ2v) is 5.68. The van der Waals surface area contributed by atoms with E-state index in [9.17, 15) is 9.18 Å². The number of fused-ring (bicyclic) bond motifs is 1. The van der Waals surface area contributed by atoms with Crippen molar-refractivity contribution in [2.75, 3.05) is 12.4 Å². The standard InChI is InChI=1S/C14H13FN4O2S/c1-8(19-4-3-16-7-19)13(20)18-14-17-12-10(21-2)5-9(15)6-11(12)22-14/h3-8H,1-2H3,(H,17,18,20). The van der Waals surface area contributed by atoms with E-state index in [-0.39, 0.29) is 5.91 Å². The van der Waals surface area contributed by atoms with Gasteiger partial charge in [0.15, 0.2) is 5.13 Å². The molecule has 1 atom stereocenters. The van der Waals surface area contributed by atoms with Crippen molar-refractivity contribution >= 4 is 32.6 Å². The first-order valence-electron chi connectivity index (χ1n) is 6.51. The Hall–Kier alpha value is -2.48. The Bertz CT molecular complexity index is 816. The number of rotatable bonds is 4. The summed E-state index contributed by atoms with van der Waals surface area (Å²) in [5, 5.41) is 3.13. The number of carbonyl (C=O) groups is 1. The topological polar surface area (TPSA) is 69.0 Å². The van der Waals surface area contributed by atoms with Gasteiger partial charge in [-0.2, -0.15) is 0 Å². The third-order valence-electron chi connectivity index (χ3n) is 3.23. The minimum absolute atomic E-state index is 0.225. The van der Waals surface area contributed by atoms with Gasteiger partial charge in [-0.1, -0.05) is 11.3 Å². The summed E-state index contributed by atoms with van der Waals surface area (Å²) < 4.78 is 20.9. The van der Waals surface area contributed by atoms with Crippen LogP contribution >= 0.6 is 11.3 Å². The van der Waals surface area contributed by atoms with E-state index >= 15 is 0 Å². The average molecular weight is 320 g/mol. The number of carbonyl (C=O) groups excluding carboxylic acids is 1. The number of aromatic nitrogens is 3. The molecule has 2 heterocycles. The number of hydrogen-bond donors (Lipinski definition) is 1. The molecule has 0 aliphatic heterocycles. The Labute approximate surface area is 129 Å². The quantitative estimate of drug-likeness (QED) is 0.802. The Balaban J connectivity index is 1.86. The van der Waals surface area contributed by atoms with Crippen molar-refractivity contribution in [2.45, 2.75) is 13.0 Å². The van der Waals surface area contributed by atoms with Gasteiger partial charge in [-0.25, -0.2) is 14.4 Å². The molecular formula is C14H13FN4O2S. The summed E-state index contributed by atoms with van der Waals surface area (Å²) in [5.41, 5.74) is 0.527. The monoisotopic (exact) mass is 320 g/mol. The number of hydrogen-bond acceptors (Lipinski definition) is 5. The highest BCUT2D eigenvalue weighted by atomic mass is 32.1. The smallest absolute Gasteiger partial charge is 0.248 e. The Morgan fingerprint density at radius 2 is 2.32 bits per heavy atom. The van der Waals surface area contributed by atoms with Crippen LogP contribution in [0.1, 0.15) is 13.0 Å². The maximum Gasteiger partial charge on any atom is 0.248 e. The van der Waals surface area contributed by atoms with Crippen molar-refractivity contribution in [1.29, 1.82) is 0 Å². The summed E-state index contributed by atoms with van der Waals surface area (Å²) in [6, 6.07) is 2.21. The molecule has 3 aromatic rings. The Morgan fingerprint density at radius 1 is 1.50 bits per heavy atom. The maximum atomic E-state index is 13.5. The molecule has 0 radical (unpaired) electrons. The van der Waals surface area contributed by atoms with E-state index in [0.717, 1.165) is 0 Å². The number of anilines is 1. The molecule has 0 aliphatic carbocycles. The van der Waals surface area contributed by atoms with Gasteiger partial charge in [0.05, 0.1) is 18.1 Å². The number of nitrogens with one attached hydrogen (secondary N) is 1. The minimum Gasteiger partial charge on any atom is -0.494 e. The number of thiazole rings is 1. The largest absolute Gasteiger partial charge is 0.494 e. The molecule has 1 N–H and O–H groups in total. The SMILES string of the molecule is COc1cc(F)cc2sc(NC(=O)C(C)n3ccnc3)nc12. The van der Waals surface area contributed by atoms with Crippen molar-refractivity contribution < 1.29 is 13.9 Å². The van der Waals surface area contributed by atoms with Gasteiger partial charge in [-0.3, -0.25) is 4.79 Å². The third kappa shape index (κ3) is 2.64. The van der Waals surface area contributed by atoms with Crippen molar-refractivity contribution in [2.24, 2.45) is 0 Å². The van der Waals surface area contributed by atoms with Crippen LogP contribution in [0.3, 0.4) is 0 Å². The summed E-state index contributed by atoms with van der Waals surface area (Å²) in [4.78, 5) is 20.4. The van der Waals surface area contributed by atoms with Gasteiger partial charge in [0.2, 0.25) is 5.91 Å². The van der Waals surface area contributed by atoms with Gasteiger partial charge in [-0.15, -0.1) is 0 Å². The van der Waals surface area contributed by atoms with E-state index in [1.165, 1.54) is 30.6 Å². The summed E-state index contributed by atoms with van der Waals surface area (Å²) in [5.74, 6) is -0.288. The van der Waals surface area contributed by atoms with Gasteiger partial charge in [0.25, 0.3) is 0 Å². The first-order chi connectivity index (χ1) is 10.6. The zero-order valence-electron chi connectivity index (χ0n) is 11.9. The van der Waals surface area contributed by atoms with E-state index < -0.39 is 11.9 Å². The van der Waals surface area contributed by atoms with Crippen LogP contribution in [0.2, 0.25) is 0 Å². The van der Waals surface area contributed by atoms with Crippen LogP contribution in [0.5, 0.6) is 5.75 Å². The van der Waals surface area contributed by atoms with Crippen LogP contribution < -0.4 is 10.1 Å². The number of benzene rings is 1. The third-order valence-corrected chi connectivity index (χ3v) is 4.14. The lowest BCUT2D eigenvalue weighted by Crippen LogP contribution is -2.22. The van der Waals surface area contributed by atoms with E-state index in [0.29, 0.717) is 21.1 Å². The first-order valence-corrected chi connectivity index (χ1v) is 7.32. The fourth-order valence-electron chi connectivity index (χ4n) is 2.02. The molecule has 0 fully saturated rings. The van der Waals surface area contributed by atoms with Crippen molar-refractivity contribution in [3.05, 3.63) is 36.7 Å². The summed E-state index contributed by atoms with van der Waals surface area (Å²) in [6.45, 7) is 1.75. The highest BCUT2D eigenvalue weighted by Crippen LogP contribution is 2.33. The summed E-state index contributed by atoms with van der Waals surface area (Å²) in [6.07, 6.45) is 4.89. The van der Waals surface area contributed by atoms with Crippen LogP contribution in [0, 0.1) is 5.82 Å². The zero-order chi connectivity index (χ0) is 15.7. The number of methoxy groups -OCH3 is 1. The predicted octanol–water partition coefficient (Wildman–Crippen LogP) is 2.84. The molecule has 0 spiro atoms. The highest BCUT2D eigenvalue weighted by molar-refractivity contribution is 7.22. The second-order valence-electron chi connectivity index (χ2n) is 4.65. The molecule has 2 aromatic heterocycles. The Kier molecular flexibility index (Phi) is 3.76. The zero-order valence-corrected chi connectivity index (χ0v) is 12.7. The van der Waals surface area contributed by atoms with Crippen LogP contribution in [0.4, 0.5) is 9.52 Å². The molecule has 6 nitrogen and oxygen atoms in total. The molecule has 0 saturated carbocycles. The van der Waals surface area contributed by atoms with Crippen molar-refractivity contribution in [3.63, 3.8) is 0 Å². The molecule has 1 aromatic carbocycles. The van der Waals surface area contributed by atoms with Crippen LogP contribution in [-0.4, -0.2) is 27.6 Å². The van der Waals surface area contributed by atoms with Gasteiger partial charge in [-0.05, 0) is 13.0 Å². The molecule has 114 valence electrons. The second kappa shape index (κ2) is 5.72. The number of nitrogens with zero attached hydrogens (tertiary/aromatic N) is 3. The normalized spacial score (nSPS) is 12.3. The molecular weight excluding hydrogens is 307 g/mol. The minimum atomic E-state index is -0.423. The number of halogens is 1. The number of ether oxygens (including phenoxy) is 1. The average Bonchev–Trinajstić information content (AvgIpc) is 3.14. The Morgan fingerprint density at radius 3 is 3.00 bits per heavy atom. The molecule has 1 amide bonds. The fraction of sp³-hybridized carbons (Fsp3) is 0.214. The molecule has 0 saturated heterocycles. The summed E-state index contributed by atoms with van der Waals surface area (Å²) in [7, 11) is 1.45. The molecule has 8 heteroatoms. The van der Waals surface area contributed by atoms with Crippen LogP contribution in [-0.2, 0) is 4.79 Å². The lowest BCUT2D eigenvalue weighted by Gasteiger charge is -2.11. The molecule has 0 aliphatic rings. The van der Waals surface area contributed by atoms with E-state index in [1.54, 1.807) is 30.2 Å². The van der Waals surface area contributed by atoms with Gasteiger partial charge < -0.3 is 14.6 Å². The van der Waals surface area contributed by atoms with Crippen molar-refractivity contribution in [1.82, 2.24) is 14.5 Å². The molecule has 22 heavy (non-hydrogen) atoms. The number of imidazole rings is 1. The maximum absolute atomic E-state index is 13.5. The van der Waals surface area contributed by atoms with Crippen molar-refractivity contribution in [3.8, 4) is 5.75 Å². The summed E-state index contributed by atoms with van der Waals surface area (Å²) >= 11 is 1.20. The van der Waals surface area contributed by atoms with E-state index in [2.05, 4.69) is 15.3 Å². The van der Waals surface area contributed by atoms with Crippen LogP contribution in [0.15, 0.2) is 30.9 Å². The van der Waals surface area contributed by atoms with Gasteiger partial charge >= 0.3 is 0 Å².